The quantitative estimate of drug-likeness (QED) is 0.794. The molecule has 144 valence electrons. The number of sulfonamides is 1. The van der Waals surface area contributed by atoms with E-state index in [0.29, 0.717) is 38.8 Å². The molecular weight excluding hydrogens is 397 g/mol. The van der Waals surface area contributed by atoms with Gasteiger partial charge in [0.05, 0.1) is 16.6 Å². The van der Waals surface area contributed by atoms with Crippen molar-refractivity contribution in [2.75, 3.05) is 32.7 Å². The summed E-state index contributed by atoms with van der Waals surface area (Å²) >= 11 is 12.1. The molecule has 26 heavy (non-hydrogen) atoms. The zero-order chi connectivity index (χ0) is 18.7. The maximum atomic E-state index is 12.8. The van der Waals surface area contributed by atoms with Crippen molar-refractivity contribution in [1.82, 2.24) is 14.5 Å². The van der Waals surface area contributed by atoms with Crippen molar-refractivity contribution in [1.29, 1.82) is 0 Å². The van der Waals surface area contributed by atoms with Gasteiger partial charge in [-0.05, 0) is 25.0 Å². The summed E-state index contributed by atoms with van der Waals surface area (Å²) in [6.45, 7) is 1.91. The molecule has 1 saturated heterocycles. The molecule has 1 saturated carbocycles. The van der Waals surface area contributed by atoms with Crippen molar-refractivity contribution < 1.29 is 13.2 Å². The van der Waals surface area contributed by atoms with Crippen LogP contribution < -0.4 is 5.32 Å². The summed E-state index contributed by atoms with van der Waals surface area (Å²) in [6.07, 6.45) is 4.45. The first-order valence-electron chi connectivity index (χ1n) is 8.84. The van der Waals surface area contributed by atoms with Crippen molar-refractivity contribution in [3.63, 3.8) is 0 Å². The first-order valence-corrected chi connectivity index (χ1v) is 11.0. The molecule has 0 spiro atoms. The molecule has 0 unspecified atom stereocenters. The van der Waals surface area contributed by atoms with E-state index in [-0.39, 0.29) is 20.8 Å². The number of halogens is 2. The van der Waals surface area contributed by atoms with Gasteiger partial charge in [0.2, 0.25) is 15.9 Å². The van der Waals surface area contributed by atoms with Gasteiger partial charge in [0.25, 0.3) is 0 Å². The monoisotopic (exact) mass is 419 g/mol. The summed E-state index contributed by atoms with van der Waals surface area (Å²) in [5, 5.41) is 3.30. The molecule has 0 atom stereocenters. The van der Waals surface area contributed by atoms with Crippen molar-refractivity contribution in [2.45, 2.75) is 36.6 Å². The molecule has 9 heteroatoms. The van der Waals surface area contributed by atoms with Gasteiger partial charge in [0.15, 0.2) is 0 Å². The van der Waals surface area contributed by atoms with Crippen LogP contribution >= 0.6 is 23.2 Å². The third-order valence-corrected chi connectivity index (χ3v) is 7.79. The zero-order valence-corrected chi connectivity index (χ0v) is 16.8. The Kier molecular flexibility index (Phi) is 6.45. The highest BCUT2D eigenvalue weighted by molar-refractivity contribution is 7.89. The minimum absolute atomic E-state index is 0.0161. The van der Waals surface area contributed by atoms with Crippen LogP contribution in [0, 0.1) is 0 Å². The topological polar surface area (TPSA) is 69.7 Å². The molecular formula is C17H23Cl2N3O3S. The number of hydrogen-bond donors (Lipinski definition) is 1. The van der Waals surface area contributed by atoms with E-state index in [1.165, 1.54) is 29.3 Å². The standard InChI is InChI=1S/C17H23Cl2N3O3S/c18-14-6-3-7-15(19)17(14)26(24,25)22-10-8-21(9-11-22)12-16(23)20-13-4-1-2-5-13/h3,6-7,13H,1-2,4-5,8-12H2,(H,20,23). The van der Waals surface area contributed by atoms with Gasteiger partial charge in [-0.2, -0.15) is 4.31 Å². The van der Waals surface area contributed by atoms with Gasteiger partial charge in [-0.3, -0.25) is 9.69 Å². The molecule has 2 aliphatic rings. The molecule has 1 heterocycles. The van der Waals surface area contributed by atoms with Crippen LogP contribution in [0.5, 0.6) is 0 Å². The highest BCUT2D eigenvalue weighted by atomic mass is 35.5. The van der Waals surface area contributed by atoms with E-state index in [1.807, 2.05) is 4.90 Å². The zero-order valence-electron chi connectivity index (χ0n) is 14.5. The molecule has 1 aromatic rings. The molecule has 1 amide bonds. The van der Waals surface area contributed by atoms with Gasteiger partial charge in [-0.15, -0.1) is 0 Å². The Bertz CT molecular complexity index is 738. The molecule has 1 N–H and O–H groups in total. The summed E-state index contributed by atoms with van der Waals surface area (Å²) in [7, 11) is -3.75. The molecule has 3 rings (SSSR count). The second-order valence-corrected chi connectivity index (χ2v) is 9.47. The number of piperazine rings is 1. The average Bonchev–Trinajstić information content (AvgIpc) is 3.07. The predicted molar refractivity (Wildman–Crippen MR) is 102 cm³/mol. The van der Waals surface area contributed by atoms with Crippen molar-refractivity contribution in [3.8, 4) is 0 Å². The number of hydrogen-bond acceptors (Lipinski definition) is 4. The summed E-state index contributed by atoms with van der Waals surface area (Å²) in [5.74, 6) is 0.0161. The number of rotatable bonds is 5. The fourth-order valence-corrected chi connectivity index (χ4v) is 6.05. The van der Waals surface area contributed by atoms with Crippen molar-refractivity contribution in [3.05, 3.63) is 28.2 Å². The van der Waals surface area contributed by atoms with Crippen LogP contribution in [0.2, 0.25) is 10.0 Å². The highest BCUT2D eigenvalue weighted by Crippen LogP contribution is 2.31. The number of nitrogens with one attached hydrogen (secondary N) is 1. The molecule has 6 nitrogen and oxygen atoms in total. The number of carbonyl (C=O) groups is 1. The summed E-state index contributed by atoms with van der Waals surface area (Å²) in [6, 6.07) is 4.95. The molecule has 1 aliphatic carbocycles. The number of amides is 1. The Morgan fingerprint density at radius 3 is 2.23 bits per heavy atom. The molecule has 0 radical (unpaired) electrons. The number of carbonyl (C=O) groups excluding carboxylic acids is 1. The second-order valence-electron chi connectivity index (χ2n) is 6.78. The Hall–Kier alpha value is -0.860. The van der Waals surface area contributed by atoms with Crippen LogP contribution in [0.1, 0.15) is 25.7 Å². The van der Waals surface area contributed by atoms with Crippen LogP contribution in [0.25, 0.3) is 0 Å². The Morgan fingerprint density at radius 1 is 1.08 bits per heavy atom. The minimum atomic E-state index is -3.75. The number of nitrogens with zero attached hydrogens (tertiary/aromatic N) is 2. The summed E-state index contributed by atoms with van der Waals surface area (Å²) in [5.41, 5.74) is 0. The maximum Gasteiger partial charge on any atom is 0.246 e. The average molecular weight is 420 g/mol. The van der Waals surface area contributed by atoms with Crippen molar-refractivity contribution >= 4 is 39.1 Å². The fourth-order valence-electron chi connectivity index (χ4n) is 3.53. The van der Waals surface area contributed by atoms with E-state index >= 15 is 0 Å². The summed E-state index contributed by atoms with van der Waals surface area (Å²) in [4.78, 5) is 14.1. The van der Waals surface area contributed by atoms with Crippen LogP contribution in [-0.2, 0) is 14.8 Å². The summed E-state index contributed by atoms with van der Waals surface area (Å²) < 4.78 is 27.1. The maximum absolute atomic E-state index is 12.8. The SMILES string of the molecule is O=C(CN1CCN(S(=O)(=O)c2c(Cl)cccc2Cl)CC1)NC1CCCC1. The smallest absolute Gasteiger partial charge is 0.246 e. The predicted octanol–water partition coefficient (Wildman–Crippen LogP) is 2.36. The lowest BCUT2D eigenvalue weighted by Gasteiger charge is -2.34. The molecule has 1 aliphatic heterocycles. The van der Waals surface area contributed by atoms with Gasteiger partial charge in [-0.25, -0.2) is 8.42 Å². The van der Waals surface area contributed by atoms with E-state index in [2.05, 4.69) is 5.32 Å². The highest BCUT2D eigenvalue weighted by Gasteiger charge is 2.32. The van der Waals surface area contributed by atoms with E-state index in [9.17, 15) is 13.2 Å². The van der Waals surface area contributed by atoms with Crippen molar-refractivity contribution in [2.24, 2.45) is 0 Å². The Labute approximate surface area is 164 Å². The fraction of sp³-hybridized carbons (Fsp3) is 0.588. The van der Waals surface area contributed by atoms with Gasteiger partial charge in [-0.1, -0.05) is 42.1 Å². The lowest BCUT2D eigenvalue weighted by Crippen LogP contribution is -2.51. The van der Waals surface area contributed by atoms with E-state index < -0.39 is 10.0 Å². The first kappa shape index (κ1) is 19.9. The van der Waals surface area contributed by atoms with E-state index in [0.717, 1.165) is 12.8 Å². The Balaban J connectivity index is 1.57. The van der Waals surface area contributed by atoms with Crippen LogP contribution in [0.15, 0.2) is 23.1 Å². The largest absolute Gasteiger partial charge is 0.352 e. The van der Waals surface area contributed by atoms with E-state index in [1.54, 1.807) is 6.07 Å². The number of benzene rings is 1. The van der Waals surface area contributed by atoms with Crippen LogP contribution in [-0.4, -0.2) is 62.3 Å². The Morgan fingerprint density at radius 2 is 1.65 bits per heavy atom. The first-order chi connectivity index (χ1) is 12.4. The minimum Gasteiger partial charge on any atom is -0.352 e. The van der Waals surface area contributed by atoms with Gasteiger partial charge in [0, 0.05) is 32.2 Å². The van der Waals surface area contributed by atoms with Crippen LogP contribution in [0.4, 0.5) is 0 Å². The third-order valence-electron chi connectivity index (χ3n) is 4.94. The van der Waals surface area contributed by atoms with Gasteiger partial charge in [0.1, 0.15) is 4.90 Å². The van der Waals surface area contributed by atoms with E-state index in [4.69, 9.17) is 23.2 Å². The lowest BCUT2D eigenvalue weighted by molar-refractivity contribution is -0.123. The van der Waals surface area contributed by atoms with Crippen LogP contribution in [0.3, 0.4) is 0 Å². The van der Waals surface area contributed by atoms with Gasteiger partial charge >= 0.3 is 0 Å². The molecule has 2 fully saturated rings. The second kappa shape index (κ2) is 8.44. The molecule has 0 bridgehead atoms. The molecule has 0 aromatic heterocycles. The van der Waals surface area contributed by atoms with Gasteiger partial charge < -0.3 is 5.32 Å². The normalized spacial score (nSPS) is 20.4. The lowest BCUT2D eigenvalue weighted by atomic mass is 10.2. The molecule has 1 aromatic carbocycles. The third kappa shape index (κ3) is 4.51.